The number of benzene rings is 9. The molecule has 0 atom stereocenters. The fourth-order valence-corrected chi connectivity index (χ4v) is 8.22. The van der Waals surface area contributed by atoms with Crippen LogP contribution in [0.4, 0.5) is 0 Å². The summed E-state index contributed by atoms with van der Waals surface area (Å²) in [7, 11) is 0. The molecule has 0 saturated carbocycles. The molecule has 0 saturated heterocycles. The SMILES string of the molecule is c1ccc(-c2c3ccccc3c(-c3nc(-c4ccc(-c5cccc6ccccc56)cc4)nc(-c4cccc5c4oc4ccccc45)n3)c3ccccc23)cc1. The Kier molecular flexibility index (Phi) is 7.14. The van der Waals surface area contributed by atoms with E-state index in [1.807, 2.05) is 24.3 Å². The summed E-state index contributed by atoms with van der Waals surface area (Å²) < 4.78 is 6.53. The first-order valence-corrected chi connectivity index (χ1v) is 18.5. The minimum atomic E-state index is 0.558. The van der Waals surface area contributed by atoms with Crippen molar-refractivity contribution in [2.75, 3.05) is 0 Å². The molecular formula is C51H31N3O. The molecule has 0 spiro atoms. The predicted octanol–water partition coefficient (Wildman–Crippen LogP) is 13.6. The first-order chi connectivity index (χ1) is 27.3. The Bertz CT molecular complexity index is 3190. The molecule has 0 fully saturated rings. The minimum Gasteiger partial charge on any atom is -0.455 e. The molecule has 0 unspecified atom stereocenters. The van der Waals surface area contributed by atoms with Crippen molar-refractivity contribution in [1.82, 2.24) is 15.0 Å². The van der Waals surface area contributed by atoms with Crippen molar-refractivity contribution in [1.29, 1.82) is 0 Å². The second-order valence-electron chi connectivity index (χ2n) is 13.9. The zero-order chi connectivity index (χ0) is 36.3. The van der Waals surface area contributed by atoms with Crippen molar-refractivity contribution in [2.45, 2.75) is 0 Å². The molecule has 2 heterocycles. The van der Waals surface area contributed by atoms with Crippen molar-refractivity contribution in [2.24, 2.45) is 0 Å². The van der Waals surface area contributed by atoms with Gasteiger partial charge >= 0.3 is 0 Å². The summed E-state index contributed by atoms with van der Waals surface area (Å²) in [6.07, 6.45) is 0. The third-order valence-electron chi connectivity index (χ3n) is 10.7. The Hall–Kier alpha value is -7.43. The molecule has 0 bridgehead atoms. The average Bonchev–Trinajstić information content (AvgIpc) is 3.64. The van der Waals surface area contributed by atoms with E-state index >= 15 is 0 Å². The van der Waals surface area contributed by atoms with Crippen molar-refractivity contribution in [3.05, 3.63) is 188 Å². The largest absolute Gasteiger partial charge is 0.455 e. The van der Waals surface area contributed by atoms with Gasteiger partial charge in [0.1, 0.15) is 11.2 Å². The molecule has 11 rings (SSSR count). The van der Waals surface area contributed by atoms with Crippen LogP contribution in [0.15, 0.2) is 192 Å². The number of hydrogen-bond acceptors (Lipinski definition) is 4. The summed E-state index contributed by atoms with van der Waals surface area (Å²) in [6, 6.07) is 65.7. The van der Waals surface area contributed by atoms with E-state index in [0.29, 0.717) is 17.5 Å². The van der Waals surface area contributed by atoms with E-state index < -0.39 is 0 Å². The monoisotopic (exact) mass is 701 g/mol. The average molecular weight is 702 g/mol. The summed E-state index contributed by atoms with van der Waals surface area (Å²) in [4.78, 5) is 15.9. The van der Waals surface area contributed by atoms with Gasteiger partial charge in [-0.25, -0.2) is 15.0 Å². The zero-order valence-corrected chi connectivity index (χ0v) is 29.6. The Morgan fingerprint density at radius 3 is 1.55 bits per heavy atom. The van der Waals surface area contributed by atoms with Crippen LogP contribution in [-0.4, -0.2) is 15.0 Å². The summed E-state index contributed by atoms with van der Waals surface area (Å²) in [5, 5.41) is 8.97. The second kappa shape index (κ2) is 12.6. The molecule has 55 heavy (non-hydrogen) atoms. The lowest BCUT2D eigenvalue weighted by atomic mass is 9.88. The Labute approximate surface area is 317 Å². The van der Waals surface area contributed by atoms with Gasteiger partial charge in [-0.1, -0.05) is 176 Å². The molecule has 0 radical (unpaired) electrons. The molecule has 0 aliphatic carbocycles. The van der Waals surface area contributed by atoms with Gasteiger partial charge in [0.25, 0.3) is 0 Å². The summed E-state index contributed by atoms with van der Waals surface area (Å²) in [5.74, 6) is 1.76. The quantitative estimate of drug-likeness (QED) is 0.168. The molecule has 4 heteroatoms. The number of aromatic nitrogens is 3. The van der Waals surface area contributed by atoms with Crippen LogP contribution in [0.1, 0.15) is 0 Å². The van der Waals surface area contributed by atoms with Crippen molar-refractivity contribution in [3.8, 4) is 56.4 Å². The minimum absolute atomic E-state index is 0.558. The van der Waals surface area contributed by atoms with Crippen LogP contribution in [0.3, 0.4) is 0 Å². The maximum atomic E-state index is 6.53. The van der Waals surface area contributed by atoms with Crippen LogP contribution >= 0.6 is 0 Å². The van der Waals surface area contributed by atoms with Crippen LogP contribution in [0.5, 0.6) is 0 Å². The summed E-state index contributed by atoms with van der Waals surface area (Å²) in [6.45, 7) is 0. The van der Waals surface area contributed by atoms with E-state index in [4.69, 9.17) is 19.4 Å². The third-order valence-corrected chi connectivity index (χ3v) is 10.7. The second-order valence-corrected chi connectivity index (χ2v) is 13.9. The topological polar surface area (TPSA) is 51.8 Å². The number of hydrogen-bond donors (Lipinski definition) is 0. The van der Waals surface area contributed by atoms with Gasteiger partial charge in [0.15, 0.2) is 17.5 Å². The number of furan rings is 1. The van der Waals surface area contributed by atoms with Crippen LogP contribution in [0, 0.1) is 0 Å². The van der Waals surface area contributed by atoms with Gasteiger partial charge in [0.2, 0.25) is 0 Å². The first-order valence-electron chi connectivity index (χ1n) is 18.5. The van der Waals surface area contributed by atoms with E-state index in [1.165, 1.54) is 27.5 Å². The molecule has 0 N–H and O–H groups in total. The van der Waals surface area contributed by atoms with Crippen LogP contribution < -0.4 is 0 Å². The molecular weight excluding hydrogens is 671 g/mol. The Morgan fingerprint density at radius 1 is 0.291 bits per heavy atom. The van der Waals surface area contributed by atoms with E-state index in [0.717, 1.165) is 65.7 Å². The first kappa shape index (κ1) is 31.1. The maximum absolute atomic E-state index is 6.53. The van der Waals surface area contributed by atoms with E-state index in [1.54, 1.807) is 0 Å². The highest BCUT2D eigenvalue weighted by atomic mass is 16.3. The summed E-state index contributed by atoms with van der Waals surface area (Å²) >= 11 is 0. The smallest absolute Gasteiger partial charge is 0.167 e. The Morgan fingerprint density at radius 2 is 0.800 bits per heavy atom. The van der Waals surface area contributed by atoms with Crippen LogP contribution in [0.25, 0.3) is 111 Å². The number of fused-ring (bicyclic) bond motifs is 6. The zero-order valence-electron chi connectivity index (χ0n) is 29.6. The van der Waals surface area contributed by atoms with Gasteiger partial charge in [-0.3, -0.25) is 0 Å². The standard InChI is InChI=1S/C51H31N3O/c1-2-15-34(16-3-1)46-39-20-6-8-22-41(39)47(42-23-9-7-21-40(42)46)51-53-49(35-30-28-33(29-31-35)37-24-12-17-32-14-4-5-18-36(32)37)52-50(54-51)44-26-13-25-43-38-19-10-11-27-45(38)55-48(43)44/h1-31H. The fourth-order valence-electron chi connectivity index (χ4n) is 8.22. The predicted molar refractivity (Wildman–Crippen MR) is 227 cm³/mol. The highest BCUT2D eigenvalue weighted by Gasteiger charge is 2.22. The van der Waals surface area contributed by atoms with Gasteiger partial charge in [-0.05, 0) is 66.7 Å². The lowest BCUT2D eigenvalue weighted by molar-refractivity contribution is 0.669. The maximum Gasteiger partial charge on any atom is 0.167 e. The van der Waals surface area contributed by atoms with Gasteiger partial charge in [-0.15, -0.1) is 0 Å². The van der Waals surface area contributed by atoms with Crippen molar-refractivity contribution in [3.63, 3.8) is 0 Å². The van der Waals surface area contributed by atoms with Crippen LogP contribution in [-0.2, 0) is 0 Å². The fraction of sp³-hybridized carbons (Fsp3) is 0. The lowest BCUT2D eigenvalue weighted by Gasteiger charge is -2.17. The third kappa shape index (κ3) is 5.11. The lowest BCUT2D eigenvalue weighted by Crippen LogP contribution is -2.02. The highest BCUT2D eigenvalue weighted by molar-refractivity contribution is 6.21. The molecule has 0 aliphatic rings. The molecule has 256 valence electrons. The van der Waals surface area contributed by atoms with Gasteiger partial charge in [0.05, 0.1) is 5.56 Å². The molecule has 0 amide bonds. The number of rotatable bonds is 5. The summed E-state index contributed by atoms with van der Waals surface area (Å²) in [5.41, 5.74) is 8.97. The van der Waals surface area contributed by atoms with Crippen molar-refractivity contribution < 1.29 is 4.42 Å². The number of para-hydroxylation sites is 2. The Balaban J connectivity index is 1.18. The van der Waals surface area contributed by atoms with E-state index in [2.05, 4.69) is 164 Å². The molecule has 4 nitrogen and oxygen atoms in total. The van der Waals surface area contributed by atoms with Gasteiger partial charge < -0.3 is 4.42 Å². The number of nitrogens with zero attached hydrogens (tertiary/aromatic N) is 3. The molecule has 9 aromatic carbocycles. The normalized spacial score (nSPS) is 11.6. The molecule has 0 aliphatic heterocycles. The van der Waals surface area contributed by atoms with Crippen LogP contribution in [0.2, 0.25) is 0 Å². The van der Waals surface area contributed by atoms with E-state index in [9.17, 15) is 0 Å². The van der Waals surface area contributed by atoms with E-state index in [-0.39, 0.29) is 0 Å². The van der Waals surface area contributed by atoms with Gasteiger partial charge in [0, 0.05) is 21.9 Å². The highest BCUT2D eigenvalue weighted by Crippen LogP contribution is 2.44. The van der Waals surface area contributed by atoms with Crippen molar-refractivity contribution >= 4 is 54.3 Å². The molecule has 11 aromatic rings. The molecule has 2 aromatic heterocycles. The van der Waals surface area contributed by atoms with Gasteiger partial charge in [-0.2, -0.15) is 0 Å².